The minimum absolute atomic E-state index is 0. The number of ether oxygens (including phenoxy) is 1. The molecule has 0 bridgehead atoms. The van der Waals surface area contributed by atoms with Gasteiger partial charge in [0.2, 0.25) is 23.3 Å². The summed E-state index contributed by atoms with van der Waals surface area (Å²) in [4.78, 5) is 25.0. The Morgan fingerprint density at radius 2 is 1.36 bits per heavy atom. The first-order chi connectivity index (χ1) is 17.3. The molecular formula is C28H39F4NO3. The van der Waals surface area contributed by atoms with Crippen LogP contribution >= 0.6 is 0 Å². The van der Waals surface area contributed by atoms with Gasteiger partial charge in [0.25, 0.3) is 0 Å². The van der Waals surface area contributed by atoms with Gasteiger partial charge in [-0.3, -0.25) is 4.79 Å². The highest BCUT2D eigenvalue weighted by Crippen LogP contribution is 2.29. The van der Waals surface area contributed by atoms with Gasteiger partial charge >= 0.3 is 5.97 Å². The summed E-state index contributed by atoms with van der Waals surface area (Å²) >= 11 is 0. The van der Waals surface area contributed by atoms with Crippen LogP contribution in [0.1, 0.15) is 105 Å². The van der Waals surface area contributed by atoms with Gasteiger partial charge in [-0.15, -0.1) is 0 Å². The number of halogens is 4. The summed E-state index contributed by atoms with van der Waals surface area (Å²) in [6.07, 6.45) is 14.0. The molecule has 202 valence electrons. The van der Waals surface area contributed by atoms with E-state index in [0.717, 1.165) is 51.4 Å². The molecule has 0 saturated heterocycles. The monoisotopic (exact) mass is 513 g/mol. The number of amides is 1. The summed E-state index contributed by atoms with van der Waals surface area (Å²) in [5.41, 5.74) is 2.91. The van der Waals surface area contributed by atoms with Crippen LogP contribution in [0, 0.1) is 29.2 Å². The highest BCUT2D eigenvalue weighted by molar-refractivity contribution is 5.93. The Morgan fingerprint density at radius 1 is 0.889 bits per heavy atom. The smallest absolute Gasteiger partial charge is 0.347 e. The fraction of sp³-hybridized carbons (Fsp3) is 0.607. The average molecular weight is 514 g/mol. The second kappa shape index (κ2) is 15.5. The third kappa shape index (κ3) is 9.12. The summed E-state index contributed by atoms with van der Waals surface area (Å²) in [6.45, 7) is 4.32. The number of carbonyl (C=O) groups is 2. The first-order valence-electron chi connectivity index (χ1n) is 13.1. The van der Waals surface area contributed by atoms with Crippen molar-refractivity contribution in [1.82, 2.24) is 5.32 Å². The van der Waals surface area contributed by atoms with Gasteiger partial charge in [0.15, 0.2) is 11.6 Å². The first kappa shape index (κ1) is 29.6. The number of unbranched alkanes of at least 4 members (excludes halogenated alkanes) is 9. The van der Waals surface area contributed by atoms with Crippen molar-refractivity contribution in [3.8, 4) is 5.75 Å². The molecule has 1 unspecified atom stereocenters. The normalized spacial score (nSPS) is 13.5. The van der Waals surface area contributed by atoms with Crippen molar-refractivity contribution in [2.45, 2.75) is 104 Å². The quantitative estimate of drug-likeness (QED) is 0.0573. The van der Waals surface area contributed by atoms with E-state index in [-0.39, 0.29) is 31.3 Å². The molecule has 1 aliphatic rings. The highest BCUT2D eigenvalue weighted by Gasteiger charge is 2.28. The zero-order chi connectivity index (χ0) is 26.5. The maximum Gasteiger partial charge on any atom is 0.347 e. The zero-order valence-electron chi connectivity index (χ0n) is 21.3. The molecule has 1 aromatic rings. The van der Waals surface area contributed by atoms with Crippen molar-refractivity contribution < 1.29 is 33.3 Å². The fourth-order valence-corrected chi connectivity index (χ4v) is 4.16. The van der Waals surface area contributed by atoms with Gasteiger partial charge < -0.3 is 10.1 Å². The van der Waals surface area contributed by atoms with E-state index in [4.69, 9.17) is 0 Å². The maximum absolute atomic E-state index is 13.7. The molecule has 1 aliphatic carbocycles. The molecular weight excluding hydrogens is 474 g/mol. The van der Waals surface area contributed by atoms with Gasteiger partial charge in [0.05, 0.1) is 11.3 Å². The van der Waals surface area contributed by atoms with E-state index in [1.165, 1.54) is 32.1 Å². The lowest BCUT2D eigenvalue weighted by Gasteiger charge is -2.20. The van der Waals surface area contributed by atoms with Crippen LogP contribution in [0.25, 0.3) is 0 Å². The van der Waals surface area contributed by atoms with E-state index in [1.807, 2.05) is 0 Å². The van der Waals surface area contributed by atoms with Crippen molar-refractivity contribution in [2.24, 2.45) is 5.92 Å². The molecule has 4 nitrogen and oxygen atoms in total. The largest absolute Gasteiger partial charge is 0.416 e. The second-order valence-corrected chi connectivity index (χ2v) is 9.39. The number of esters is 1. The van der Waals surface area contributed by atoms with Gasteiger partial charge in [0, 0.05) is 19.8 Å². The first-order valence-corrected chi connectivity index (χ1v) is 13.1. The molecule has 0 radical (unpaired) electrons. The summed E-state index contributed by atoms with van der Waals surface area (Å²) in [5, 5.41) is 2.79. The molecule has 0 aliphatic heterocycles. The molecule has 0 aromatic heterocycles. The SMILES string of the molecule is CCCCCCCCCC(CCCCCC)C(=O)NC1=C=C(C(=O)Oc2c(F)c(F)cc(F)c2F)C1.[HH]. The molecule has 0 spiro atoms. The molecule has 0 heterocycles. The Bertz CT molecular complexity index is 950. The van der Waals surface area contributed by atoms with Gasteiger partial charge in [-0.2, -0.15) is 8.78 Å². The standard InChI is InChI=1S/C28H37F4NO3.H2/c1-3-5-7-9-10-11-13-15-19(14-12-8-6-4-2)27(34)33-21-16-20(17-21)28(35)36-26-24(31)22(29)18-23(30)25(26)32;/h18-19H,3-16H2,1-2H3,(H,33,34);1H. The predicted octanol–water partition coefficient (Wildman–Crippen LogP) is 8.05. The number of hydrogen-bond donors (Lipinski definition) is 1. The lowest BCUT2D eigenvalue weighted by atomic mass is 9.92. The van der Waals surface area contributed by atoms with Crippen LogP contribution in [0.3, 0.4) is 0 Å². The van der Waals surface area contributed by atoms with Crippen molar-refractivity contribution in [3.05, 3.63) is 46.3 Å². The Labute approximate surface area is 212 Å². The van der Waals surface area contributed by atoms with Crippen molar-refractivity contribution in [3.63, 3.8) is 0 Å². The van der Waals surface area contributed by atoms with Crippen LogP contribution in [0.4, 0.5) is 17.6 Å². The molecule has 1 amide bonds. The lowest BCUT2D eigenvalue weighted by molar-refractivity contribution is -0.131. The van der Waals surface area contributed by atoms with Gasteiger partial charge in [0.1, 0.15) is 0 Å². The minimum atomic E-state index is -1.80. The van der Waals surface area contributed by atoms with E-state index in [9.17, 15) is 27.2 Å². The number of benzene rings is 1. The third-order valence-electron chi connectivity index (χ3n) is 6.38. The van der Waals surface area contributed by atoms with Crippen molar-refractivity contribution >= 4 is 11.9 Å². The summed E-state index contributed by atoms with van der Waals surface area (Å²) < 4.78 is 58.6. The molecule has 1 aromatic carbocycles. The maximum atomic E-state index is 13.7. The Hall–Kier alpha value is -2.60. The molecule has 1 N–H and O–H groups in total. The van der Waals surface area contributed by atoms with Gasteiger partial charge in [-0.1, -0.05) is 90.2 Å². The van der Waals surface area contributed by atoms with E-state index < -0.39 is 35.0 Å². The number of rotatable bonds is 17. The topological polar surface area (TPSA) is 55.4 Å². The molecule has 36 heavy (non-hydrogen) atoms. The zero-order valence-corrected chi connectivity index (χ0v) is 21.3. The van der Waals surface area contributed by atoms with Gasteiger partial charge in [-0.25, -0.2) is 13.6 Å². The molecule has 8 heteroatoms. The second-order valence-electron chi connectivity index (χ2n) is 9.39. The molecule has 0 fully saturated rings. The number of hydrogen-bond acceptors (Lipinski definition) is 3. The van der Waals surface area contributed by atoms with Crippen molar-refractivity contribution in [2.75, 3.05) is 0 Å². The fourth-order valence-electron chi connectivity index (χ4n) is 4.16. The number of nitrogens with one attached hydrogen (secondary N) is 1. The van der Waals surface area contributed by atoms with E-state index in [1.54, 1.807) is 0 Å². The molecule has 2 rings (SSSR count). The Kier molecular flexibility index (Phi) is 12.8. The number of carbonyl (C=O) groups excluding carboxylic acids is 2. The van der Waals surface area contributed by atoms with E-state index in [0.29, 0.717) is 5.70 Å². The van der Waals surface area contributed by atoms with E-state index >= 15 is 0 Å². The molecule has 0 saturated carbocycles. The summed E-state index contributed by atoms with van der Waals surface area (Å²) in [7, 11) is 0. The van der Waals surface area contributed by atoms with Crippen LogP contribution in [0.2, 0.25) is 0 Å². The Morgan fingerprint density at radius 3 is 1.89 bits per heavy atom. The lowest BCUT2D eigenvalue weighted by Crippen LogP contribution is -2.33. The van der Waals surface area contributed by atoms with Crippen LogP contribution < -0.4 is 10.1 Å². The van der Waals surface area contributed by atoms with Crippen LogP contribution in [-0.4, -0.2) is 11.9 Å². The third-order valence-corrected chi connectivity index (χ3v) is 6.38. The average Bonchev–Trinajstić information content (AvgIpc) is 2.82. The highest BCUT2D eigenvalue weighted by atomic mass is 19.2. The van der Waals surface area contributed by atoms with Gasteiger partial charge in [-0.05, 0) is 12.8 Å². The van der Waals surface area contributed by atoms with Crippen molar-refractivity contribution in [1.29, 1.82) is 0 Å². The van der Waals surface area contributed by atoms with Crippen LogP contribution in [-0.2, 0) is 9.59 Å². The van der Waals surface area contributed by atoms with E-state index in [2.05, 4.69) is 29.6 Å². The summed E-state index contributed by atoms with van der Waals surface area (Å²) in [5.74, 6) is -9.83. The van der Waals surface area contributed by atoms with Crippen LogP contribution in [0.5, 0.6) is 5.75 Å². The minimum Gasteiger partial charge on any atom is -0.416 e. The predicted molar refractivity (Wildman–Crippen MR) is 132 cm³/mol. The van der Waals surface area contributed by atoms with Crippen LogP contribution in [0.15, 0.2) is 23.1 Å². The Balaban J connectivity index is 0.00000684. The molecule has 1 atom stereocenters. The summed E-state index contributed by atoms with van der Waals surface area (Å²) in [6, 6.07) is 0.0310.